The largest absolute Gasteiger partial charge is 0.351 e. The maximum atomic E-state index is 13.8. The third-order valence-electron chi connectivity index (χ3n) is 3.57. The van der Waals surface area contributed by atoms with Gasteiger partial charge in [0.1, 0.15) is 16.8 Å². The summed E-state index contributed by atoms with van der Waals surface area (Å²) in [4.78, 5) is 15.9. The maximum absolute atomic E-state index is 13.8. The minimum Gasteiger partial charge on any atom is -0.351 e. The van der Waals surface area contributed by atoms with Crippen molar-refractivity contribution in [2.24, 2.45) is 0 Å². The van der Waals surface area contributed by atoms with Crippen LogP contribution >= 0.6 is 11.8 Å². The van der Waals surface area contributed by atoms with Gasteiger partial charge in [0.25, 0.3) is 0 Å². The number of hydrogen-bond donors (Lipinski definition) is 2. The first-order chi connectivity index (χ1) is 12.4. The first kappa shape index (κ1) is 20.3. The van der Waals surface area contributed by atoms with Crippen LogP contribution < -0.4 is 10.0 Å². The summed E-state index contributed by atoms with van der Waals surface area (Å²) in [5.41, 5.74) is 0.842. The second-order valence-corrected chi connectivity index (χ2v) is 8.13. The average molecular weight is 397 g/mol. The van der Waals surface area contributed by atoms with Crippen LogP contribution in [0.5, 0.6) is 0 Å². The predicted molar refractivity (Wildman–Crippen MR) is 99.6 cm³/mol. The number of nitrogens with zero attached hydrogens (tertiary/aromatic N) is 1. The molecule has 2 aromatic rings. The lowest BCUT2D eigenvalue weighted by molar-refractivity contribution is -0.122. The van der Waals surface area contributed by atoms with E-state index in [1.54, 1.807) is 24.5 Å². The van der Waals surface area contributed by atoms with Crippen LogP contribution in [-0.4, -0.2) is 37.4 Å². The summed E-state index contributed by atoms with van der Waals surface area (Å²) in [5.74, 6) is -0.746. The number of sulfonamides is 1. The fraction of sp³-hybridized carbons (Fsp3) is 0.294. The monoisotopic (exact) mass is 397 g/mol. The van der Waals surface area contributed by atoms with Crippen molar-refractivity contribution in [3.8, 4) is 0 Å². The summed E-state index contributed by atoms with van der Waals surface area (Å²) in [7, 11) is -4.15. The fourth-order valence-corrected chi connectivity index (χ4v) is 3.99. The summed E-state index contributed by atoms with van der Waals surface area (Å²) in [6, 6.07) is 7.57. The topological polar surface area (TPSA) is 88.2 Å². The average Bonchev–Trinajstić information content (AvgIpc) is 2.64. The molecule has 0 fully saturated rings. The molecule has 9 heteroatoms. The van der Waals surface area contributed by atoms with Gasteiger partial charge in [-0.05, 0) is 48.3 Å². The van der Waals surface area contributed by atoms with Gasteiger partial charge in [-0.2, -0.15) is 16.5 Å². The number of benzene rings is 1. The van der Waals surface area contributed by atoms with Gasteiger partial charge in [0.15, 0.2) is 0 Å². The molecule has 6 nitrogen and oxygen atoms in total. The minimum atomic E-state index is -4.15. The lowest BCUT2D eigenvalue weighted by atomic mass is 10.2. The van der Waals surface area contributed by atoms with Crippen molar-refractivity contribution < 1.29 is 17.6 Å². The van der Waals surface area contributed by atoms with E-state index in [0.29, 0.717) is 5.75 Å². The Morgan fingerprint density at radius 2 is 1.92 bits per heavy atom. The maximum Gasteiger partial charge on any atom is 0.244 e. The summed E-state index contributed by atoms with van der Waals surface area (Å²) in [6.45, 7) is 0.249. The van der Waals surface area contributed by atoms with Crippen molar-refractivity contribution in [2.75, 3.05) is 12.0 Å². The van der Waals surface area contributed by atoms with Gasteiger partial charge in [-0.25, -0.2) is 12.8 Å². The van der Waals surface area contributed by atoms with Crippen LogP contribution in [0, 0.1) is 5.82 Å². The highest BCUT2D eigenvalue weighted by Crippen LogP contribution is 2.15. The number of rotatable bonds is 9. The van der Waals surface area contributed by atoms with Crippen molar-refractivity contribution in [2.45, 2.75) is 23.9 Å². The molecule has 26 heavy (non-hydrogen) atoms. The van der Waals surface area contributed by atoms with E-state index >= 15 is 0 Å². The highest BCUT2D eigenvalue weighted by atomic mass is 32.2. The smallest absolute Gasteiger partial charge is 0.244 e. The van der Waals surface area contributed by atoms with E-state index in [1.165, 1.54) is 23.9 Å². The Hall–Kier alpha value is -1.97. The van der Waals surface area contributed by atoms with Gasteiger partial charge in [0.2, 0.25) is 15.9 Å². The van der Waals surface area contributed by atoms with Gasteiger partial charge >= 0.3 is 0 Å². The van der Waals surface area contributed by atoms with E-state index in [1.807, 2.05) is 6.26 Å². The molecule has 0 saturated heterocycles. The first-order valence-electron chi connectivity index (χ1n) is 7.86. The van der Waals surface area contributed by atoms with Gasteiger partial charge in [-0.1, -0.05) is 12.1 Å². The molecule has 0 aliphatic rings. The third-order valence-corrected chi connectivity index (χ3v) is 5.72. The van der Waals surface area contributed by atoms with Gasteiger partial charge in [0, 0.05) is 18.9 Å². The van der Waals surface area contributed by atoms with E-state index in [9.17, 15) is 17.6 Å². The van der Waals surface area contributed by atoms with Gasteiger partial charge < -0.3 is 5.32 Å². The zero-order valence-corrected chi connectivity index (χ0v) is 15.8. The Labute approximate surface area is 156 Å². The summed E-state index contributed by atoms with van der Waals surface area (Å²) in [5, 5.41) is 2.70. The predicted octanol–water partition coefficient (Wildman–Crippen LogP) is 1.94. The standard InChI is InChI=1S/C17H20FN3O3S2/c1-25-11-8-15(17(22)20-12-13-6-9-19-10-7-13)21-26(23,24)16-5-3-2-4-14(16)18/h2-7,9-10,15,21H,8,11-12H2,1H3,(H,20,22)/t15-/m0/s1. The van der Waals surface area contributed by atoms with Crippen molar-refractivity contribution in [1.82, 2.24) is 15.0 Å². The van der Waals surface area contributed by atoms with Crippen molar-refractivity contribution in [1.29, 1.82) is 0 Å². The van der Waals surface area contributed by atoms with E-state index < -0.39 is 32.7 Å². The number of halogens is 1. The number of thioether (sulfide) groups is 1. The number of aromatic nitrogens is 1. The molecule has 0 spiro atoms. The third kappa shape index (κ3) is 5.79. The van der Waals surface area contributed by atoms with Crippen LogP contribution in [0.3, 0.4) is 0 Å². The molecule has 0 aliphatic carbocycles. The van der Waals surface area contributed by atoms with Crippen molar-refractivity contribution in [3.63, 3.8) is 0 Å². The lowest BCUT2D eigenvalue weighted by Crippen LogP contribution is -2.46. The molecule has 0 aliphatic heterocycles. The summed E-state index contributed by atoms with van der Waals surface area (Å²) >= 11 is 1.49. The second kappa shape index (κ2) is 9.65. The van der Waals surface area contributed by atoms with Crippen LogP contribution in [0.1, 0.15) is 12.0 Å². The van der Waals surface area contributed by atoms with Gasteiger partial charge in [-0.3, -0.25) is 9.78 Å². The number of amides is 1. The van der Waals surface area contributed by atoms with Crippen LogP contribution in [0.15, 0.2) is 53.7 Å². The van der Waals surface area contributed by atoms with Gasteiger partial charge in [0.05, 0.1) is 0 Å². The first-order valence-corrected chi connectivity index (χ1v) is 10.7. The Balaban J connectivity index is 2.10. The zero-order chi connectivity index (χ0) is 19.0. The molecular weight excluding hydrogens is 377 g/mol. The Bertz CT molecular complexity index is 832. The zero-order valence-electron chi connectivity index (χ0n) is 14.2. The SMILES string of the molecule is CSCC[C@H](NS(=O)(=O)c1ccccc1F)C(=O)NCc1ccncc1. The summed E-state index contributed by atoms with van der Waals surface area (Å²) < 4.78 is 41.1. The molecule has 140 valence electrons. The molecule has 2 rings (SSSR count). The molecular formula is C17H20FN3O3S2. The van der Waals surface area contributed by atoms with Crippen molar-refractivity contribution in [3.05, 3.63) is 60.2 Å². The molecule has 0 saturated carbocycles. The van der Waals surface area contributed by atoms with E-state index in [-0.39, 0.29) is 13.0 Å². The lowest BCUT2D eigenvalue weighted by Gasteiger charge is -2.18. The van der Waals surface area contributed by atoms with E-state index in [0.717, 1.165) is 17.7 Å². The van der Waals surface area contributed by atoms with E-state index in [2.05, 4.69) is 15.0 Å². The number of carbonyl (C=O) groups excluding carboxylic acids is 1. The quantitative estimate of drug-likeness (QED) is 0.675. The Morgan fingerprint density at radius 3 is 2.58 bits per heavy atom. The molecule has 1 heterocycles. The van der Waals surface area contributed by atoms with Crippen LogP contribution in [0.4, 0.5) is 4.39 Å². The van der Waals surface area contributed by atoms with Gasteiger partial charge in [-0.15, -0.1) is 0 Å². The molecule has 0 bridgehead atoms. The van der Waals surface area contributed by atoms with Crippen LogP contribution in [0.25, 0.3) is 0 Å². The molecule has 2 N–H and O–H groups in total. The Morgan fingerprint density at radius 1 is 1.23 bits per heavy atom. The number of hydrogen-bond acceptors (Lipinski definition) is 5. The van der Waals surface area contributed by atoms with E-state index in [4.69, 9.17) is 0 Å². The number of nitrogens with one attached hydrogen (secondary N) is 2. The fourth-order valence-electron chi connectivity index (χ4n) is 2.21. The highest BCUT2D eigenvalue weighted by Gasteiger charge is 2.27. The minimum absolute atomic E-state index is 0.249. The number of pyridine rings is 1. The molecule has 1 atom stereocenters. The highest BCUT2D eigenvalue weighted by molar-refractivity contribution is 7.98. The second-order valence-electron chi connectivity index (χ2n) is 5.46. The normalized spacial score (nSPS) is 12.5. The molecule has 1 amide bonds. The molecule has 1 aromatic heterocycles. The molecule has 1 aromatic carbocycles. The molecule has 0 unspecified atom stereocenters. The van der Waals surface area contributed by atoms with Crippen LogP contribution in [0.2, 0.25) is 0 Å². The Kier molecular flexibility index (Phi) is 7.55. The number of carbonyl (C=O) groups is 1. The molecule has 0 radical (unpaired) electrons. The summed E-state index contributed by atoms with van der Waals surface area (Å²) in [6.07, 6.45) is 5.36. The van der Waals surface area contributed by atoms with Crippen molar-refractivity contribution >= 4 is 27.7 Å². The van der Waals surface area contributed by atoms with Crippen LogP contribution in [-0.2, 0) is 21.4 Å².